The molecular weight excluding hydrogens is 202 g/mol. The molecule has 0 unspecified atom stereocenters. The molecule has 84 valence electrons. The van der Waals surface area contributed by atoms with Crippen molar-refractivity contribution in [1.82, 2.24) is 5.32 Å². The van der Waals surface area contributed by atoms with Crippen LogP contribution >= 0.6 is 11.3 Å². The topological polar surface area (TPSA) is 12.0 Å². The van der Waals surface area contributed by atoms with Gasteiger partial charge >= 0.3 is 0 Å². The van der Waals surface area contributed by atoms with Crippen LogP contribution in [0.1, 0.15) is 37.5 Å². The molecule has 1 heterocycles. The summed E-state index contributed by atoms with van der Waals surface area (Å²) in [5, 5.41) is 5.78. The van der Waals surface area contributed by atoms with Crippen molar-refractivity contribution in [3.8, 4) is 0 Å². The molecular formula is C13H21NS. The number of rotatable bonds is 7. The molecule has 1 nitrogen and oxygen atoms in total. The van der Waals surface area contributed by atoms with Gasteiger partial charge in [0, 0.05) is 11.4 Å². The van der Waals surface area contributed by atoms with Gasteiger partial charge in [-0.3, -0.25) is 0 Å². The minimum absolute atomic E-state index is 0.699. The molecule has 15 heavy (non-hydrogen) atoms. The van der Waals surface area contributed by atoms with Gasteiger partial charge in [0.15, 0.2) is 0 Å². The molecule has 1 aliphatic rings. The van der Waals surface area contributed by atoms with Crippen LogP contribution in [0.2, 0.25) is 0 Å². The second kappa shape index (κ2) is 5.13. The fourth-order valence-corrected chi connectivity index (χ4v) is 2.95. The molecule has 1 aromatic rings. The van der Waals surface area contributed by atoms with E-state index < -0.39 is 0 Å². The molecule has 2 heteroatoms. The van der Waals surface area contributed by atoms with E-state index in [1.54, 1.807) is 0 Å². The summed E-state index contributed by atoms with van der Waals surface area (Å²) >= 11 is 1.87. The van der Waals surface area contributed by atoms with E-state index in [-0.39, 0.29) is 0 Å². The molecule has 0 radical (unpaired) electrons. The first kappa shape index (κ1) is 11.2. The number of hydrogen-bond donors (Lipinski definition) is 1. The van der Waals surface area contributed by atoms with Gasteiger partial charge in [-0.05, 0) is 49.1 Å². The summed E-state index contributed by atoms with van der Waals surface area (Å²) in [6.45, 7) is 4.68. The number of hydrogen-bond acceptors (Lipinski definition) is 2. The predicted molar refractivity (Wildman–Crippen MR) is 67.5 cm³/mol. The molecule has 0 spiro atoms. The van der Waals surface area contributed by atoms with Crippen LogP contribution in [-0.2, 0) is 6.42 Å². The highest BCUT2D eigenvalue weighted by molar-refractivity contribution is 7.09. The largest absolute Gasteiger partial charge is 0.316 e. The van der Waals surface area contributed by atoms with E-state index >= 15 is 0 Å². The molecule has 1 N–H and O–H groups in total. The lowest BCUT2D eigenvalue weighted by atomic mass is 10.0. The van der Waals surface area contributed by atoms with Crippen LogP contribution in [0.5, 0.6) is 0 Å². The van der Waals surface area contributed by atoms with E-state index in [0.717, 1.165) is 6.54 Å². The SMILES string of the molecule is CCCC1(CNCCc2cccs2)CC1. The molecule has 2 rings (SSSR count). The highest BCUT2D eigenvalue weighted by Crippen LogP contribution is 2.48. The molecule has 0 atom stereocenters. The van der Waals surface area contributed by atoms with Crippen LogP contribution in [0.15, 0.2) is 17.5 Å². The van der Waals surface area contributed by atoms with Crippen molar-refractivity contribution in [3.05, 3.63) is 22.4 Å². The maximum atomic E-state index is 3.62. The minimum Gasteiger partial charge on any atom is -0.316 e. The summed E-state index contributed by atoms with van der Waals surface area (Å²) in [4.78, 5) is 1.50. The van der Waals surface area contributed by atoms with Gasteiger partial charge in [-0.1, -0.05) is 19.4 Å². The van der Waals surface area contributed by atoms with Crippen LogP contribution in [-0.4, -0.2) is 13.1 Å². The van der Waals surface area contributed by atoms with Crippen molar-refractivity contribution in [2.24, 2.45) is 5.41 Å². The Labute approximate surface area is 96.9 Å². The smallest absolute Gasteiger partial charge is 0.00578 e. The molecule has 0 aromatic carbocycles. The van der Waals surface area contributed by atoms with Gasteiger partial charge in [0.1, 0.15) is 0 Å². The average molecular weight is 223 g/mol. The normalized spacial score (nSPS) is 17.9. The Bertz CT molecular complexity index is 275. The van der Waals surface area contributed by atoms with Crippen LogP contribution in [0.25, 0.3) is 0 Å². The summed E-state index contributed by atoms with van der Waals surface area (Å²) in [7, 11) is 0. The van der Waals surface area contributed by atoms with E-state index in [1.165, 1.54) is 43.5 Å². The van der Waals surface area contributed by atoms with Crippen molar-refractivity contribution in [2.45, 2.75) is 39.0 Å². The van der Waals surface area contributed by atoms with E-state index in [9.17, 15) is 0 Å². The van der Waals surface area contributed by atoms with Gasteiger partial charge in [0.2, 0.25) is 0 Å². The maximum Gasteiger partial charge on any atom is 0.00578 e. The van der Waals surface area contributed by atoms with Crippen LogP contribution in [0.4, 0.5) is 0 Å². The van der Waals surface area contributed by atoms with Crippen LogP contribution in [0.3, 0.4) is 0 Å². The second-order valence-electron chi connectivity index (χ2n) is 4.76. The molecule has 1 aromatic heterocycles. The standard InChI is InChI=1S/C13H21NS/c1-2-6-13(7-8-13)11-14-9-5-12-4-3-10-15-12/h3-4,10,14H,2,5-9,11H2,1H3. The van der Waals surface area contributed by atoms with Gasteiger partial charge in [-0.25, -0.2) is 0 Å². The first-order valence-corrected chi connectivity index (χ1v) is 6.96. The van der Waals surface area contributed by atoms with Gasteiger partial charge in [-0.2, -0.15) is 0 Å². The van der Waals surface area contributed by atoms with Gasteiger partial charge in [0.25, 0.3) is 0 Å². The van der Waals surface area contributed by atoms with Crippen molar-refractivity contribution < 1.29 is 0 Å². The number of nitrogens with one attached hydrogen (secondary N) is 1. The molecule has 0 bridgehead atoms. The molecule has 1 saturated carbocycles. The Morgan fingerprint density at radius 3 is 2.93 bits per heavy atom. The Morgan fingerprint density at radius 2 is 2.33 bits per heavy atom. The average Bonchev–Trinajstić information content (AvgIpc) is 2.80. The maximum absolute atomic E-state index is 3.62. The summed E-state index contributed by atoms with van der Waals surface area (Å²) in [6.07, 6.45) is 6.85. The summed E-state index contributed by atoms with van der Waals surface area (Å²) < 4.78 is 0. The minimum atomic E-state index is 0.699. The lowest BCUT2D eigenvalue weighted by molar-refractivity contribution is 0.423. The third kappa shape index (κ3) is 3.32. The molecule has 0 saturated heterocycles. The zero-order valence-electron chi connectivity index (χ0n) is 9.59. The van der Waals surface area contributed by atoms with E-state index in [0.29, 0.717) is 5.41 Å². The fraction of sp³-hybridized carbons (Fsp3) is 0.692. The lowest BCUT2D eigenvalue weighted by Crippen LogP contribution is -2.25. The van der Waals surface area contributed by atoms with Crippen molar-refractivity contribution in [3.63, 3.8) is 0 Å². The highest BCUT2D eigenvalue weighted by Gasteiger charge is 2.40. The number of thiophene rings is 1. The van der Waals surface area contributed by atoms with Gasteiger partial charge in [-0.15, -0.1) is 11.3 Å². The van der Waals surface area contributed by atoms with Gasteiger partial charge in [0.05, 0.1) is 0 Å². The monoisotopic (exact) mass is 223 g/mol. The van der Waals surface area contributed by atoms with Gasteiger partial charge < -0.3 is 5.32 Å². The summed E-state index contributed by atoms with van der Waals surface area (Å²) in [5.74, 6) is 0. The third-order valence-corrected chi connectivity index (χ3v) is 4.30. The quantitative estimate of drug-likeness (QED) is 0.698. The molecule has 1 aliphatic carbocycles. The Morgan fingerprint density at radius 1 is 1.47 bits per heavy atom. The summed E-state index contributed by atoms with van der Waals surface area (Å²) in [6, 6.07) is 4.37. The van der Waals surface area contributed by atoms with E-state index in [4.69, 9.17) is 0 Å². The van der Waals surface area contributed by atoms with Crippen LogP contribution < -0.4 is 5.32 Å². The first-order chi connectivity index (χ1) is 7.35. The Kier molecular flexibility index (Phi) is 3.81. The first-order valence-electron chi connectivity index (χ1n) is 6.08. The highest BCUT2D eigenvalue weighted by atomic mass is 32.1. The van der Waals surface area contributed by atoms with Crippen molar-refractivity contribution in [2.75, 3.05) is 13.1 Å². The Balaban J connectivity index is 1.59. The lowest BCUT2D eigenvalue weighted by Gasteiger charge is -2.14. The fourth-order valence-electron chi connectivity index (χ4n) is 2.24. The molecule has 0 amide bonds. The van der Waals surface area contributed by atoms with E-state index in [2.05, 4.69) is 29.8 Å². The zero-order chi connectivity index (χ0) is 10.6. The van der Waals surface area contributed by atoms with E-state index in [1.807, 2.05) is 11.3 Å². The molecule has 0 aliphatic heterocycles. The second-order valence-corrected chi connectivity index (χ2v) is 5.79. The van der Waals surface area contributed by atoms with Crippen molar-refractivity contribution >= 4 is 11.3 Å². The Hall–Kier alpha value is -0.340. The molecule has 1 fully saturated rings. The zero-order valence-corrected chi connectivity index (χ0v) is 10.4. The summed E-state index contributed by atoms with van der Waals surface area (Å²) in [5.41, 5.74) is 0.699. The third-order valence-electron chi connectivity index (χ3n) is 3.37. The van der Waals surface area contributed by atoms with Crippen molar-refractivity contribution in [1.29, 1.82) is 0 Å². The van der Waals surface area contributed by atoms with Crippen LogP contribution in [0, 0.1) is 5.41 Å². The predicted octanol–water partition coefficient (Wildman–Crippen LogP) is 3.46.